The second-order valence-electron chi connectivity index (χ2n) is 3.58. The van der Waals surface area contributed by atoms with Gasteiger partial charge in [0.2, 0.25) is 0 Å². The monoisotopic (exact) mass is 241 g/mol. The predicted molar refractivity (Wildman–Crippen MR) is 67.8 cm³/mol. The lowest BCUT2D eigenvalue weighted by Crippen LogP contribution is -2.26. The van der Waals surface area contributed by atoms with Crippen LogP contribution in [0.4, 0.5) is 0 Å². The molecule has 82 valence electrons. The van der Waals surface area contributed by atoms with Crippen LogP contribution in [0.5, 0.6) is 0 Å². The van der Waals surface area contributed by atoms with Gasteiger partial charge in [0.15, 0.2) is 5.17 Å². The maximum atomic E-state index is 4.47. The van der Waals surface area contributed by atoms with Crippen LogP contribution >= 0.6 is 23.1 Å². The van der Waals surface area contributed by atoms with Gasteiger partial charge in [0.25, 0.3) is 0 Å². The minimum absolute atomic E-state index is 0.271. The van der Waals surface area contributed by atoms with Gasteiger partial charge in [-0.1, -0.05) is 11.8 Å². The normalized spacial score (nSPS) is 18.4. The molecule has 5 heteroatoms. The van der Waals surface area contributed by atoms with E-state index in [1.807, 2.05) is 18.7 Å². The summed E-state index contributed by atoms with van der Waals surface area (Å²) in [4.78, 5) is 8.91. The molecule has 1 unspecified atom stereocenters. The number of nitrogens with one attached hydrogen (secondary N) is 1. The van der Waals surface area contributed by atoms with Gasteiger partial charge >= 0.3 is 0 Å². The van der Waals surface area contributed by atoms with E-state index in [-0.39, 0.29) is 6.04 Å². The van der Waals surface area contributed by atoms with Crippen molar-refractivity contribution < 1.29 is 0 Å². The maximum absolute atomic E-state index is 4.47. The van der Waals surface area contributed by atoms with Gasteiger partial charge in [0, 0.05) is 23.4 Å². The Morgan fingerprint density at radius 1 is 1.53 bits per heavy atom. The highest BCUT2D eigenvalue weighted by Gasteiger charge is 2.13. The van der Waals surface area contributed by atoms with Crippen LogP contribution in [-0.4, -0.2) is 22.4 Å². The molecule has 3 nitrogen and oxygen atoms in total. The molecule has 0 saturated carbocycles. The fourth-order valence-electron chi connectivity index (χ4n) is 1.36. The minimum Gasteiger partial charge on any atom is -0.356 e. The molecule has 0 radical (unpaired) electrons. The number of rotatable bonds is 2. The molecular formula is C10H15N3S2. The van der Waals surface area contributed by atoms with Crippen LogP contribution in [0, 0.1) is 6.92 Å². The topological polar surface area (TPSA) is 37.3 Å². The van der Waals surface area contributed by atoms with E-state index in [9.17, 15) is 0 Å². The molecular weight excluding hydrogens is 226 g/mol. The van der Waals surface area contributed by atoms with Crippen molar-refractivity contribution in [2.75, 3.05) is 12.3 Å². The van der Waals surface area contributed by atoms with Gasteiger partial charge in [-0.3, -0.25) is 4.99 Å². The zero-order valence-electron chi connectivity index (χ0n) is 8.99. The SMILES string of the molecule is Cc1csc(C(C)NC2=NCCCS2)n1. The summed E-state index contributed by atoms with van der Waals surface area (Å²) in [7, 11) is 0. The maximum Gasteiger partial charge on any atom is 0.157 e. The molecule has 15 heavy (non-hydrogen) atoms. The van der Waals surface area contributed by atoms with Gasteiger partial charge in [-0.25, -0.2) is 4.98 Å². The lowest BCUT2D eigenvalue weighted by atomic mass is 10.3. The quantitative estimate of drug-likeness (QED) is 0.865. The second kappa shape index (κ2) is 4.99. The highest BCUT2D eigenvalue weighted by Crippen LogP contribution is 2.19. The van der Waals surface area contributed by atoms with Gasteiger partial charge in [0.1, 0.15) is 5.01 Å². The fraction of sp³-hybridized carbons (Fsp3) is 0.600. The molecule has 0 bridgehead atoms. The Labute approximate surface area is 98.4 Å². The number of thioether (sulfide) groups is 1. The first kappa shape index (κ1) is 11.0. The molecule has 0 spiro atoms. The molecule has 1 atom stereocenters. The van der Waals surface area contributed by atoms with Gasteiger partial charge in [-0.15, -0.1) is 11.3 Å². The summed E-state index contributed by atoms with van der Waals surface area (Å²) >= 11 is 3.52. The molecule has 1 N–H and O–H groups in total. The summed E-state index contributed by atoms with van der Waals surface area (Å²) in [5.74, 6) is 1.18. The first-order chi connectivity index (χ1) is 7.25. The molecule has 0 amide bonds. The van der Waals surface area contributed by atoms with Crippen LogP contribution in [0.15, 0.2) is 10.4 Å². The fourth-order valence-corrected chi connectivity index (χ4v) is 3.08. The lowest BCUT2D eigenvalue weighted by Gasteiger charge is -2.17. The molecule has 1 aliphatic heterocycles. The van der Waals surface area contributed by atoms with Gasteiger partial charge < -0.3 is 5.32 Å². The van der Waals surface area contributed by atoms with Crippen molar-refractivity contribution in [3.63, 3.8) is 0 Å². The molecule has 2 rings (SSSR count). The molecule has 0 aliphatic carbocycles. The number of hydrogen-bond acceptors (Lipinski definition) is 5. The summed E-state index contributed by atoms with van der Waals surface area (Å²) in [5.41, 5.74) is 1.10. The lowest BCUT2D eigenvalue weighted by molar-refractivity contribution is 0.709. The molecule has 0 fully saturated rings. The molecule has 1 aromatic heterocycles. The summed E-state index contributed by atoms with van der Waals surface area (Å²) in [6.07, 6.45) is 1.20. The van der Waals surface area contributed by atoms with Crippen LogP contribution in [0.1, 0.15) is 30.1 Å². The number of aromatic nitrogens is 1. The van der Waals surface area contributed by atoms with E-state index in [2.05, 4.69) is 27.6 Å². The van der Waals surface area contributed by atoms with E-state index in [1.165, 1.54) is 12.2 Å². The first-order valence-electron chi connectivity index (χ1n) is 5.11. The van der Waals surface area contributed by atoms with Crippen LogP contribution in [-0.2, 0) is 0 Å². The highest BCUT2D eigenvalue weighted by molar-refractivity contribution is 8.13. The number of aryl methyl sites for hydroxylation is 1. The Balaban J connectivity index is 1.97. The van der Waals surface area contributed by atoms with E-state index in [4.69, 9.17) is 0 Å². The Bertz CT molecular complexity index is 359. The van der Waals surface area contributed by atoms with Gasteiger partial charge in [-0.2, -0.15) is 0 Å². The Hall–Kier alpha value is -0.550. The second-order valence-corrected chi connectivity index (χ2v) is 5.56. The van der Waals surface area contributed by atoms with E-state index in [0.717, 1.165) is 22.4 Å². The molecule has 2 heterocycles. The van der Waals surface area contributed by atoms with Crippen molar-refractivity contribution in [2.24, 2.45) is 4.99 Å². The van der Waals surface area contributed by atoms with Crippen LogP contribution < -0.4 is 5.32 Å². The highest BCUT2D eigenvalue weighted by atomic mass is 32.2. The van der Waals surface area contributed by atoms with Gasteiger partial charge in [-0.05, 0) is 20.3 Å². The molecule has 0 saturated heterocycles. The van der Waals surface area contributed by atoms with Crippen LogP contribution in [0.3, 0.4) is 0 Å². The Morgan fingerprint density at radius 3 is 3.00 bits per heavy atom. The summed E-state index contributed by atoms with van der Waals surface area (Å²) < 4.78 is 0. The number of nitrogens with zero attached hydrogens (tertiary/aromatic N) is 2. The third-order valence-corrected chi connectivity index (χ3v) is 4.30. The smallest absolute Gasteiger partial charge is 0.157 e. The van der Waals surface area contributed by atoms with Crippen molar-refractivity contribution in [3.05, 3.63) is 16.1 Å². The summed E-state index contributed by atoms with van der Waals surface area (Å²) in [6, 6.07) is 0.271. The standard InChI is InChI=1S/C10H15N3S2/c1-7-6-15-9(12-7)8(2)13-10-11-4-3-5-14-10/h6,8H,3-5H2,1-2H3,(H,11,13). The zero-order valence-corrected chi connectivity index (χ0v) is 10.6. The Morgan fingerprint density at radius 2 is 2.40 bits per heavy atom. The van der Waals surface area contributed by atoms with Crippen molar-refractivity contribution in [1.29, 1.82) is 0 Å². The van der Waals surface area contributed by atoms with E-state index < -0.39 is 0 Å². The van der Waals surface area contributed by atoms with Crippen molar-refractivity contribution in [2.45, 2.75) is 26.3 Å². The first-order valence-corrected chi connectivity index (χ1v) is 6.98. The average Bonchev–Trinajstić information content (AvgIpc) is 2.66. The summed E-state index contributed by atoms with van der Waals surface area (Å²) in [6.45, 7) is 5.12. The third-order valence-electron chi connectivity index (χ3n) is 2.14. The summed E-state index contributed by atoms with van der Waals surface area (Å²) in [5, 5.41) is 7.71. The van der Waals surface area contributed by atoms with Crippen molar-refractivity contribution in [3.8, 4) is 0 Å². The van der Waals surface area contributed by atoms with E-state index >= 15 is 0 Å². The zero-order chi connectivity index (χ0) is 10.7. The van der Waals surface area contributed by atoms with Gasteiger partial charge in [0.05, 0.1) is 6.04 Å². The van der Waals surface area contributed by atoms with Crippen molar-refractivity contribution in [1.82, 2.24) is 10.3 Å². The third kappa shape index (κ3) is 2.95. The molecule has 0 aromatic carbocycles. The minimum atomic E-state index is 0.271. The number of aliphatic imine (C=N–C) groups is 1. The number of amidine groups is 1. The van der Waals surface area contributed by atoms with Crippen LogP contribution in [0.25, 0.3) is 0 Å². The van der Waals surface area contributed by atoms with E-state index in [1.54, 1.807) is 11.3 Å². The van der Waals surface area contributed by atoms with Crippen LogP contribution in [0.2, 0.25) is 0 Å². The molecule has 1 aliphatic rings. The van der Waals surface area contributed by atoms with Crippen molar-refractivity contribution >= 4 is 28.3 Å². The number of thiazole rings is 1. The molecule has 1 aromatic rings. The predicted octanol–water partition coefficient (Wildman–Crippen LogP) is 2.60. The number of hydrogen-bond donors (Lipinski definition) is 1. The van der Waals surface area contributed by atoms with E-state index in [0.29, 0.717) is 0 Å². The largest absolute Gasteiger partial charge is 0.356 e. The Kier molecular flexibility index (Phi) is 3.64. The average molecular weight is 241 g/mol.